The molecule has 0 radical (unpaired) electrons. The van der Waals surface area contributed by atoms with Crippen LogP contribution in [0.5, 0.6) is 0 Å². The molecule has 19 heavy (non-hydrogen) atoms. The maximum atomic E-state index is 13.9. The number of hydrogen-bond donors (Lipinski definition) is 1. The molecule has 0 saturated heterocycles. The highest BCUT2D eigenvalue weighted by atomic mass is 35.5. The summed E-state index contributed by atoms with van der Waals surface area (Å²) >= 11 is 5.67. The fourth-order valence-corrected chi connectivity index (χ4v) is 2.13. The van der Waals surface area contributed by atoms with Crippen molar-refractivity contribution in [3.63, 3.8) is 0 Å². The average Bonchev–Trinajstić information content (AvgIpc) is 2.37. The summed E-state index contributed by atoms with van der Waals surface area (Å²) in [5, 5.41) is 10.1. The second-order valence-electron chi connectivity index (χ2n) is 4.45. The van der Waals surface area contributed by atoms with Crippen LogP contribution in [-0.4, -0.2) is 5.11 Å². The van der Waals surface area contributed by atoms with E-state index in [0.717, 1.165) is 0 Å². The van der Waals surface area contributed by atoms with Crippen LogP contribution < -0.4 is 0 Å². The molecular weight excluding hydrogens is 270 g/mol. The van der Waals surface area contributed by atoms with Gasteiger partial charge in [-0.1, -0.05) is 35.9 Å². The van der Waals surface area contributed by atoms with Crippen LogP contribution in [0.15, 0.2) is 36.4 Å². The molecule has 0 aliphatic rings. The Hall–Kier alpha value is -1.45. The summed E-state index contributed by atoms with van der Waals surface area (Å²) in [6.07, 6.45) is -0.804. The summed E-state index contributed by atoms with van der Waals surface area (Å²) in [6, 6.07) is 9.07. The molecule has 0 bridgehead atoms. The Morgan fingerprint density at radius 3 is 2.63 bits per heavy atom. The number of benzene rings is 2. The molecule has 1 atom stereocenters. The molecule has 0 aliphatic carbocycles. The van der Waals surface area contributed by atoms with Gasteiger partial charge in [0.2, 0.25) is 0 Å². The highest BCUT2D eigenvalue weighted by Crippen LogP contribution is 2.25. The molecule has 0 heterocycles. The van der Waals surface area contributed by atoms with E-state index in [0.29, 0.717) is 11.1 Å². The van der Waals surface area contributed by atoms with E-state index in [4.69, 9.17) is 11.6 Å². The zero-order valence-corrected chi connectivity index (χ0v) is 11.1. The zero-order chi connectivity index (χ0) is 14.0. The van der Waals surface area contributed by atoms with Crippen molar-refractivity contribution in [1.29, 1.82) is 0 Å². The molecule has 1 nitrogen and oxygen atoms in total. The number of aryl methyl sites for hydroxylation is 1. The van der Waals surface area contributed by atoms with Crippen molar-refractivity contribution in [2.24, 2.45) is 0 Å². The molecule has 2 aromatic rings. The van der Waals surface area contributed by atoms with Crippen LogP contribution in [0.3, 0.4) is 0 Å². The summed E-state index contributed by atoms with van der Waals surface area (Å²) in [7, 11) is 0. The van der Waals surface area contributed by atoms with Crippen molar-refractivity contribution in [2.45, 2.75) is 19.4 Å². The van der Waals surface area contributed by atoms with Gasteiger partial charge in [-0.15, -0.1) is 0 Å². The predicted octanol–water partition coefficient (Wildman–Crippen LogP) is 4.20. The van der Waals surface area contributed by atoms with Crippen molar-refractivity contribution in [1.82, 2.24) is 0 Å². The molecule has 2 aromatic carbocycles. The Kier molecular flexibility index (Phi) is 4.17. The van der Waals surface area contributed by atoms with Gasteiger partial charge in [-0.2, -0.15) is 0 Å². The summed E-state index contributed by atoms with van der Waals surface area (Å²) in [5.74, 6) is -0.926. The Balaban J connectivity index is 2.23. The van der Waals surface area contributed by atoms with E-state index in [2.05, 4.69) is 0 Å². The van der Waals surface area contributed by atoms with Gasteiger partial charge in [-0.3, -0.25) is 0 Å². The first-order chi connectivity index (χ1) is 8.99. The monoisotopic (exact) mass is 282 g/mol. The Bertz CT molecular complexity index is 599. The van der Waals surface area contributed by atoms with Crippen molar-refractivity contribution in [3.8, 4) is 0 Å². The van der Waals surface area contributed by atoms with E-state index in [1.807, 2.05) is 0 Å². The lowest BCUT2D eigenvalue weighted by Gasteiger charge is -2.13. The molecule has 4 heteroatoms. The highest BCUT2D eigenvalue weighted by molar-refractivity contribution is 6.30. The maximum Gasteiger partial charge on any atom is 0.141 e. The van der Waals surface area contributed by atoms with Crippen LogP contribution in [0.25, 0.3) is 0 Å². The van der Waals surface area contributed by atoms with Gasteiger partial charge in [0.15, 0.2) is 0 Å². The topological polar surface area (TPSA) is 20.2 Å². The lowest BCUT2D eigenvalue weighted by molar-refractivity contribution is 0.173. The molecular formula is C15H13ClF2O. The Morgan fingerprint density at radius 1 is 1.21 bits per heavy atom. The predicted molar refractivity (Wildman–Crippen MR) is 71.2 cm³/mol. The largest absolute Gasteiger partial charge is 0.388 e. The number of rotatable bonds is 3. The van der Waals surface area contributed by atoms with Gasteiger partial charge in [-0.05, 0) is 30.2 Å². The van der Waals surface area contributed by atoms with Crippen LogP contribution in [0.2, 0.25) is 5.02 Å². The van der Waals surface area contributed by atoms with Crippen molar-refractivity contribution < 1.29 is 13.9 Å². The minimum Gasteiger partial charge on any atom is -0.388 e. The second-order valence-corrected chi connectivity index (χ2v) is 4.85. The quantitative estimate of drug-likeness (QED) is 0.894. The Morgan fingerprint density at radius 2 is 1.95 bits per heavy atom. The minimum absolute atomic E-state index is 0.00517. The summed E-state index contributed by atoms with van der Waals surface area (Å²) in [4.78, 5) is 0. The molecule has 1 N–H and O–H groups in total. The minimum atomic E-state index is -0.985. The number of halogens is 3. The number of aliphatic hydroxyl groups is 1. The molecule has 1 unspecified atom stereocenters. The second kappa shape index (κ2) is 5.68. The third-order valence-electron chi connectivity index (χ3n) is 2.99. The van der Waals surface area contributed by atoms with Crippen LogP contribution in [0.1, 0.15) is 22.8 Å². The molecule has 0 saturated carbocycles. The normalized spacial score (nSPS) is 12.5. The third kappa shape index (κ3) is 3.11. The van der Waals surface area contributed by atoms with Gasteiger partial charge in [0.1, 0.15) is 11.6 Å². The summed E-state index contributed by atoms with van der Waals surface area (Å²) in [6.45, 7) is 1.64. The van der Waals surface area contributed by atoms with Crippen molar-refractivity contribution in [2.75, 3.05) is 0 Å². The van der Waals surface area contributed by atoms with E-state index in [1.54, 1.807) is 19.1 Å². The fourth-order valence-electron chi connectivity index (χ4n) is 1.93. The molecule has 0 spiro atoms. The first kappa shape index (κ1) is 14.0. The lowest BCUT2D eigenvalue weighted by atomic mass is 9.99. The van der Waals surface area contributed by atoms with E-state index in [9.17, 15) is 13.9 Å². The fraction of sp³-hybridized carbons (Fsp3) is 0.200. The smallest absolute Gasteiger partial charge is 0.141 e. The summed E-state index contributed by atoms with van der Waals surface area (Å²) < 4.78 is 26.9. The van der Waals surface area contributed by atoms with Crippen LogP contribution in [0, 0.1) is 18.6 Å². The SMILES string of the molecule is Cc1cccc(C(O)Cc2ccc(F)c(Cl)c2)c1F. The molecule has 0 aliphatic heterocycles. The molecule has 0 fully saturated rings. The zero-order valence-electron chi connectivity index (χ0n) is 10.3. The molecule has 2 rings (SSSR count). The highest BCUT2D eigenvalue weighted by Gasteiger charge is 2.15. The maximum absolute atomic E-state index is 13.9. The lowest BCUT2D eigenvalue weighted by Crippen LogP contribution is -2.05. The van der Waals surface area contributed by atoms with Gasteiger partial charge < -0.3 is 5.11 Å². The van der Waals surface area contributed by atoms with Gasteiger partial charge in [0.25, 0.3) is 0 Å². The molecule has 100 valence electrons. The van der Waals surface area contributed by atoms with E-state index in [1.165, 1.54) is 24.3 Å². The molecule has 0 aromatic heterocycles. The number of aliphatic hydroxyl groups excluding tert-OH is 1. The van der Waals surface area contributed by atoms with Crippen LogP contribution in [0.4, 0.5) is 8.78 Å². The van der Waals surface area contributed by atoms with Gasteiger partial charge in [0, 0.05) is 12.0 Å². The van der Waals surface area contributed by atoms with Crippen LogP contribution >= 0.6 is 11.6 Å². The molecule has 0 amide bonds. The van der Waals surface area contributed by atoms with Crippen molar-refractivity contribution in [3.05, 3.63) is 69.7 Å². The number of hydrogen-bond acceptors (Lipinski definition) is 1. The first-order valence-corrected chi connectivity index (χ1v) is 6.24. The Labute approximate surface area is 115 Å². The van der Waals surface area contributed by atoms with E-state index < -0.39 is 17.7 Å². The van der Waals surface area contributed by atoms with Crippen molar-refractivity contribution >= 4 is 11.6 Å². The average molecular weight is 283 g/mol. The standard InChI is InChI=1S/C15H13ClF2O/c1-9-3-2-4-11(15(9)18)14(19)8-10-5-6-13(17)12(16)7-10/h2-7,14,19H,8H2,1H3. The van der Waals surface area contributed by atoms with E-state index in [-0.39, 0.29) is 17.0 Å². The van der Waals surface area contributed by atoms with Gasteiger partial charge >= 0.3 is 0 Å². The first-order valence-electron chi connectivity index (χ1n) is 5.86. The van der Waals surface area contributed by atoms with Gasteiger partial charge in [-0.25, -0.2) is 8.78 Å². The third-order valence-corrected chi connectivity index (χ3v) is 3.28. The summed E-state index contributed by atoms with van der Waals surface area (Å²) in [5.41, 5.74) is 1.37. The van der Waals surface area contributed by atoms with Gasteiger partial charge in [0.05, 0.1) is 11.1 Å². The van der Waals surface area contributed by atoms with E-state index >= 15 is 0 Å². The van der Waals surface area contributed by atoms with Crippen LogP contribution in [-0.2, 0) is 6.42 Å².